The van der Waals surface area contributed by atoms with E-state index in [-0.39, 0.29) is 5.43 Å². The van der Waals surface area contributed by atoms with Gasteiger partial charge in [-0.25, -0.2) is 4.98 Å². The van der Waals surface area contributed by atoms with Gasteiger partial charge in [0.1, 0.15) is 11.3 Å². The second kappa shape index (κ2) is 8.61. The van der Waals surface area contributed by atoms with Crippen molar-refractivity contribution in [3.05, 3.63) is 107 Å². The standard InChI is InChI=1S/C31H22N2O2S/c34-30-27-22(26-13-6-18-36-26)10-5-12-25(27)35-31(29-21-9-3-1-7-19(21)16-17-32-29)28(30)24-15-14-20-8-2-4-11-23(20)33-24/h1-5,7-12,14-17,26H,6,13,18H2. The van der Waals surface area contributed by atoms with Crippen LogP contribution in [0.15, 0.2) is 100 Å². The lowest BCUT2D eigenvalue weighted by atomic mass is 9.97. The van der Waals surface area contributed by atoms with Crippen LogP contribution in [0.5, 0.6) is 0 Å². The van der Waals surface area contributed by atoms with Crippen LogP contribution in [0.4, 0.5) is 0 Å². The van der Waals surface area contributed by atoms with E-state index in [4.69, 9.17) is 14.4 Å². The molecule has 0 spiro atoms. The smallest absolute Gasteiger partial charge is 0.203 e. The normalized spacial score (nSPS) is 15.7. The van der Waals surface area contributed by atoms with Crippen molar-refractivity contribution in [1.82, 2.24) is 9.97 Å². The van der Waals surface area contributed by atoms with Crippen molar-refractivity contribution in [2.24, 2.45) is 0 Å². The number of aromatic nitrogens is 2. The molecule has 0 amide bonds. The van der Waals surface area contributed by atoms with Crippen molar-refractivity contribution in [3.8, 4) is 22.7 Å². The number of hydrogen-bond donors (Lipinski definition) is 0. The molecular formula is C31H22N2O2S. The number of rotatable bonds is 3. The molecule has 1 unspecified atom stereocenters. The molecule has 1 atom stereocenters. The molecule has 0 saturated carbocycles. The lowest BCUT2D eigenvalue weighted by Crippen LogP contribution is -2.11. The van der Waals surface area contributed by atoms with E-state index in [1.54, 1.807) is 6.20 Å². The molecule has 3 aromatic carbocycles. The van der Waals surface area contributed by atoms with Crippen LogP contribution in [-0.4, -0.2) is 15.7 Å². The summed E-state index contributed by atoms with van der Waals surface area (Å²) in [7, 11) is 0. The maximum Gasteiger partial charge on any atom is 0.203 e. The number of pyridine rings is 2. The molecule has 4 nitrogen and oxygen atoms in total. The molecular weight excluding hydrogens is 464 g/mol. The van der Waals surface area contributed by atoms with Gasteiger partial charge in [0.25, 0.3) is 0 Å². The third-order valence-electron chi connectivity index (χ3n) is 6.97. The van der Waals surface area contributed by atoms with Crippen LogP contribution >= 0.6 is 11.8 Å². The fourth-order valence-corrected chi connectivity index (χ4v) is 6.59. The lowest BCUT2D eigenvalue weighted by molar-refractivity contribution is 0.618. The Bertz CT molecular complexity index is 1830. The van der Waals surface area contributed by atoms with Gasteiger partial charge >= 0.3 is 0 Å². The predicted octanol–water partition coefficient (Wildman–Crippen LogP) is 7.79. The molecule has 36 heavy (non-hydrogen) atoms. The highest BCUT2D eigenvalue weighted by atomic mass is 32.2. The molecule has 0 N–H and O–H groups in total. The van der Waals surface area contributed by atoms with Crippen LogP contribution in [0.2, 0.25) is 0 Å². The zero-order chi connectivity index (χ0) is 24.1. The van der Waals surface area contributed by atoms with Crippen LogP contribution in [0.1, 0.15) is 23.7 Å². The van der Waals surface area contributed by atoms with Gasteiger partial charge in [-0.15, -0.1) is 0 Å². The van der Waals surface area contributed by atoms with Gasteiger partial charge in [-0.2, -0.15) is 11.8 Å². The summed E-state index contributed by atoms with van der Waals surface area (Å²) in [6.45, 7) is 0. The van der Waals surface area contributed by atoms with E-state index in [1.807, 2.05) is 90.6 Å². The van der Waals surface area contributed by atoms with Crippen LogP contribution in [0.3, 0.4) is 0 Å². The second-order valence-electron chi connectivity index (χ2n) is 9.13. The third kappa shape index (κ3) is 3.42. The molecule has 3 aromatic heterocycles. The summed E-state index contributed by atoms with van der Waals surface area (Å²) in [4.78, 5) is 24.1. The van der Waals surface area contributed by atoms with Gasteiger partial charge in [0.15, 0.2) is 5.76 Å². The summed E-state index contributed by atoms with van der Waals surface area (Å²) in [5, 5.41) is 3.96. The van der Waals surface area contributed by atoms with Gasteiger partial charge in [-0.3, -0.25) is 9.78 Å². The maximum absolute atomic E-state index is 14.4. The number of hydrogen-bond acceptors (Lipinski definition) is 5. The van der Waals surface area contributed by atoms with Crippen LogP contribution in [0.25, 0.3) is 55.4 Å². The summed E-state index contributed by atoms with van der Waals surface area (Å²) in [5.41, 5.74) is 4.16. The maximum atomic E-state index is 14.4. The topological polar surface area (TPSA) is 56.0 Å². The Morgan fingerprint density at radius 3 is 2.61 bits per heavy atom. The van der Waals surface area contributed by atoms with Crippen molar-refractivity contribution in [3.63, 3.8) is 0 Å². The predicted molar refractivity (Wildman–Crippen MR) is 148 cm³/mol. The average Bonchev–Trinajstić information content (AvgIpc) is 3.47. The molecule has 0 aliphatic carbocycles. The highest BCUT2D eigenvalue weighted by molar-refractivity contribution is 7.99. The lowest BCUT2D eigenvalue weighted by Gasteiger charge is -2.15. The van der Waals surface area contributed by atoms with Crippen molar-refractivity contribution in [1.29, 1.82) is 0 Å². The first-order valence-electron chi connectivity index (χ1n) is 12.2. The Morgan fingerprint density at radius 1 is 0.861 bits per heavy atom. The summed E-state index contributed by atoms with van der Waals surface area (Å²) in [6.07, 6.45) is 4.00. The third-order valence-corrected chi connectivity index (χ3v) is 8.39. The van der Waals surface area contributed by atoms with Gasteiger partial charge in [0.05, 0.1) is 22.2 Å². The van der Waals surface area contributed by atoms with E-state index >= 15 is 0 Å². The highest BCUT2D eigenvalue weighted by Crippen LogP contribution is 2.43. The van der Waals surface area contributed by atoms with Crippen LogP contribution in [-0.2, 0) is 0 Å². The first kappa shape index (κ1) is 21.3. The zero-order valence-electron chi connectivity index (χ0n) is 19.5. The fraction of sp³-hybridized carbons (Fsp3) is 0.129. The van der Waals surface area contributed by atoms with Crippen molar-refractivity contribution in [2.45, 2.75) is 18.1 Å². The van der Waals surface area contributed by atoms with E-state index in [1.165, 1.54) is 0 Å². The second-order valence-corrected chi connectivity index (χ2v) is 10.4. The molecule has 4 heterocycles. The first-order chi connectivity index (χ1) is 17.8. The van der Waals surface area contributed by atoms with E-state index in [2.05, 4.69) is 6.07 Å². The molecule has 174 valence electrons. The zero-order valence-corrected chi connectivity index (χ0v) is 20.3. The number of para-hydroxylation sites is 1. The molecule has 7 rings (SSSR count). The van der Waals surface area contributed by atoms with Gasteiger partial charge in [-0.05, 0) is 53.8 Å². The van der Waals surface area contributed by atoms with Gasteiger partial charge in [-0.1, -0.05) is 60.7 Å². The van der Waals surface area contributed by atoms with E-state index < -0.39 is 0 Å². The molecule has 0 radical (unpaired) electrons. The van der Waals surface area contributed by atoms with Crippen LogP contribution in [0, 0.1) is 0 Å². The minimum absolute atomic E-state index is 0.0492. The van der Waals surface area contributed by atoms with Gasteiger partial charge in [0.2, 0.25) is 5.43 Å². The molecule has 1 fully saturated rings. The number of fused-ring (bicyclic) bond motifs is 3. The molecule has 1 aliphatic rings. The Kier molecular flexibility index (Phi) is 5.10. The van der Waals surface area contributed by atoms with Crippen molar-refractivity contribution in [2.75, 3.05) is 5.75 Å². The van der Waals surface area contributed by atoms with E-state index in [9.17, 15) is 4.79 Å². The molecule has 6 aromatic rings. The summed E-state index contributed by atoms with van der Waals surface area (Å²) in [6, 6.07) is 27.9. The minimum atomic E-state index is -0.0492. The monoisotopic (exact) mass is 486 g/mol. The Balaban J connectivity index is 1.60. The summed E-state index contributed by atoms with van der Waals surface area (Å²) < 4.78 is 6.62. The first-order valence-corrected chi connectivity index (χ1v) is 13.2. The number of nitrogens with zero attached hydrogens (tertiary/aromatic N) is 2. The molecule has 5 heteroatoms. The minimum Gasteiger partial charge on any atom is -0.453 e. The van der Waals surface area contributed by atoms with Crippen LogP contribution < -0.4 is 5.43 Å². The quantitative estimate of drug-likeness (QED) is 0.255. The Labute approximate surface area is 212 Å². The number of benzene rings is 3. The highest BCUT2D eigenvalue weighted by Gasteiger charge is 2.26. The molecule has 0 bridgehead atoms. The van der Waals surface area contributed by atoms with E-state index in [0.717, 1.165) is 45.8 Å². The van der Waals surface area contributed by atoms with Crippen molar-refractivity contribution < 1.29 is 4.42 Å². The Morgan fingerprint density at radius 2 is 1.72 bits per heavy atom. The van der Waals surface area contributed by atoms with Crippen molar-refractivity contribution >= 4 is 44.4 Å². The molecule has 1 aliphatic heterocycles. The van der Waals surface area contributed by atoms with Gasteiger partial charge in [0, 0.05) is 22.2 Å². The van der Waals surface area contributed by atoms with E-state index in [0.29, 0.717) is 38.9 Å². The average molecular weight is 487 g/mol. The van der Waals surface area contributed by atoms with Gasteiger partial charge < -0.3 is 4.42 Å². The summed E-state index contributed by atoms with van der Waals surface area (Å²) >= 11 is 1.92. The SMILES string of the molecule is O=c1c(-c2ccc3ccccc3n2)c(-c2nccc3ccccc23)oc2cccc(C3CCCS3)c12. The largest absolute Gasteiger partial charge is 0.453 e. The fourth-order valence-electron chi connectivity index (χ4n) is 5.26. The summed E-state index contributed by atoms with van der Waals surface area (Å²) in [5.74, 6) is 1.58. The Hall–Kier alpha value is -3.96. The molecule has 1 saturated heterocycles. The number of thioether (sulfide) groups is 1.